The summed E-state index contributed by atoms with van der Waals surface area (Å²) >= 11 is 1.27. The van der Waals surface area contributed by atoms with Crippen molar-refractivity contribution in [1.29, 1.82) is 0 Å². The van der Waals surface area contributed by atoms with E-state index >= 15 is 0 Å². The van der Waals surface area contributed by atoms with E-state index in [1.807, 2.05) is 43.3 Å². The summed E-state index contributed by atoms with van der Waals surface area (Å²) in [7, 11) is 0. The third kappa shape index (κ3) is 5.63. The minimum Gasteiger partial charge on any atom is -0.372 e. The van der Waals surface area contributed by atoms with Crippen molar-refractivity contribution in [2.75, 3.05) is 10.6 Å². The van der Waals surface area contributed by atoms with Crippen LogP contribution >= 0.6 is 11.5 Å². The van der Waals surface area contributed by atoms with E-state index in [4.69, 9.17) is 16.2 Å². The van der Waals surface area contributed by atoms with E-state index in [0.29, 0.717) is 23.2 Å². The molecule has 156 valence electrons. The van der Waals surface area contributed by atoms with Crippen LogP contribution in [0.1, 0.15) is 21.6 Å². The largest absolute Gasteiger partial charge is 0.372 e. The van der Waals surface area contributed by atoms with Gasteiger partial charge in [-0.2, -0.15) is 4.37 Å². The minimum atomic E-state index is -0.862. The Labute approximate surface area is 178 Å². The fourth-order valence-corrected chi connectivity index (χ4v) is 3.44. The highest BCUT2D eigenvalue weighted by Crippen LogP contribution is 2.27. The van der Waals surface area contributed by atoms with Crippen LogP contribution in [0.4, 0.5) is 16.4 Å². The average molecular weight is 426 g/mol. The Bertz CT molecular complexity index is 1010. The van der Waals surface area contributed by atoms with Gasteiger partial charge < -0.3 is 31.6 Å². The molecule has 2 atom stereocenters. The van der Waals surface area contributed by atoms with E-state index in [2.05, 4.69) is 15.0 Å². The lowest BCUT2D eigenvalue weighted by Crippen LogP contribution is -2.43. The number of nitrogens with zero attached hydrogens (tertiary/aromatic N) is 1. The zero-order chi connectivity index (χ0) is 21.5. The Morgan fingerprint density at radius 1 is 1.23 bits per heavy atom. The maximum absolute atomic E-state index is 11.8. The molecule has 6 N–H and O–H groups in total. The van der Waals surface area contributed by atoms with Crippen LogP contribution in [0, 0.1) is 6.92 Å². The second-order valence-electron chi connectivity index (χ2n) is 6.65. The molecule has 1 amide bonds. The third-order valence-corrected chi connectivity index (χ3v) is 5.09. The molecule has 3 rings (SSSR count). The molecule has 0 aliphatic rings. The van der Waals surface area contributed by atoms with Gasteiger partial charge in [0, 0.05) is 5.69 Å². The fourth-order valence-electron chi connectivity index (χ4n) is 2.76. The van der Waals surface area contributed by atoms with Crippen molar-refractivity contribution in [2.45, 2.75) is 25.8 Å². The third-order valence-electron chi connectivity index (χ3n) is 4.29. The smallest absolute Gasteiger partial charge is 0.250 e. The van der Waals surface area contributed by atoms with Gasteiger partial charge in [0.05, 0.1) is 23.6 Å². The molecule has 0 spiro atoms. The molecule has 30 heavy (non-hydrogen) atoms. The molecule has 0 aliphatic carbocycles. The minimum absolute atomic E-state index is 0.284. The second kappa shape index (κ2) is 9.97. The van der Waals surface area contributed by atoms with Crippen molar-refractivity contribution in [3.8, 4) is 0 Å². The first-order valence-corrected chi connectivity index (χ1v) is 10.0. The van der Waals surface area contributed by atoms with Crippen LogP contribution in [0.3, 0.4) is 0 Å². The summed E-state index contributed by atoms with van der Waals surface area (Å²) in [5.41, 5.74) is 14.8. The zero-order valence-electron chi connectivity index (χ0n) is 16.4. The highest BCUT2D eigenvalue weighted by Gasteiger charge is 2.19. The molecule has 9 heteroatoms. The van der Waals surface area contributed by atoms with Gasteiger partial charge in [-0.15, -0.1) is 0 Å². The topological polar surface area (TPSA) is 132 Å². The quantitative estimate of drug-likeness (QED) is 0.290. The number of ether oxygens (including phenoxy) is 1. The van der Waals surface area contributed by atoms with Gasteiger partial charge in [0.25, 0.3) is 5.91 Å². The number of carbonyl (C=O) groups excluding carboxylic acids is 2. The molecule has 0 saturated heterocycles. The number of carbonyl (C=O) groups is 2. The molecule has 2 unspecified atom stereocenters. The average Bonchev–Trinajstić information content (AvgIpc) is 3.15. The van der Waals surface area contributed by atoms with Crippen molar-refractivity contribution in [1.82, 2.24) is 4.37 Å². The summed E-state index contributed by atoms with van der Waals surface area (Å²) in [6.07, 6.45) is -0.170. The summed E-state index contributed by atoms with van der Waals surface area (Å²) in [5, 5.41) is 6.95. The lowest BCUT2D eigenvalue weighted by Gasteiger charge is -2.22. The number of aldehydes is 1. The molecule has 1 aromatic heterocycles. The van der Waals surface area contributed by atoms with Crippen molar-refractivity contribution >= 4 is 40.1 Å². The predicted octanol–water partition coefficient (Wildman–Crippen LogP) is 2.78. The summed E-state index contributed by atoms with van der Waals surface area (Å²) in [4.78, 5) is 23.4. The number of anilines is 3. The number of aromatic nitrogens is 1. The monoisotopic (exact) mass is 425 g/mol. The van der Waals surface area contributed by atoms with Crippen molar-refractivity contribution < 1.29 is 14.3 Å². The van der Waals surface area contributed by atoms with Crippen LogP contribution in [0.2, 0.25) is 0 Å². The Hall–Kier alpha value is -3.27. The number of amides is 1. The van der Waals surface area contributed by atoms with Gasteiger partial charge in [0.15, 0.2) is 0 Å². The van der Waals surface area contributed by atoms with Gasteiger partial charge in [0.1, 0.15) is 23.6 Å². The van der Waals surface area contributed by atoms with Gasteiger partial charge >= 0.3 is 0 Å². The maximum Gasteiger partial charge on any atom is 0.250 e. The van der Waals surface area contributed by atoms with Gasteiger partial charge in [-0.3, -0.25) is 4.79 Å². The molecule has 0 saturated carbocycles. The Balaban J connectivity index is 1.72. The number of rotatable bonds is 10. The number of primary amides is 1. The molecule has 0 radical (unpaired) electrons. The van der Waals surface area contributed by atoms with Crippen molar-refractivity contribution in [3.63, 3.8) is 0 Å². The van der Waals surface area contributed by atoms with Crippen molar-refractivity contribution in [2.24, 2.45) is 11.5 Å². The lowest BCUT2D eigenvalue weighted by atomic mass is 10.1. The van der Waals surface area contributed by atoms with Crippen LogP contribution in [0.5, 0.6) is 0 Å². The summed E-state index contributed by atoms with van der Waals surface area (Å²) < 4.78 is 9.84. The van der Waals surface area contributed by atoms with Crippen LogP contribution in [0.25, 0.3) is 0 Å². The summed E-state index contributed by atoms with van der Waals surface area (Å²) in [6.45, 7) is 2.16. The Kier molecular flexibility index (Phi) is 7.12. The fraction of sp³-hybridized carbons (Fsp3) is 0.190. The van der Waals surface area contributed by atoms with E-state index in [-0.39, 0.29) is 6.61 Å². The standard InChI is InChI=1S/C21H23N5O3S/c1-13-9-19(30-26-13)25-17-10-15(7-8-16(17)20(22)28)24-18(11-27)21(23)29-12-14-5-3-2-4-6-14/h2-11,18,21,24-25H,12,23H2,1H3,(H2,22,28). The first kappa shape index (κ1) is 21.4. The number of hydrogen-bond acceptors (Lipinski definition) is 8. The number of aryl methyl sites for hydroxylation is 1. The second-order valence-corrected chi connectivity index (χ2v) is 7.45. The Morgan fingerprint density at radius 3 is 2.63 bits per heavy atom. The normalized spacial score (nSPS) is 12.7. The number of nitrogens with one attached hydrogen (secondary N) is 2. The lowest BCUT2D eigenvalue weighted by molar-refractivity contribution is -0.111. The molecular formula is C21H23N5O3S. The van der Waals surface area contributed by atoms with Crippen LogP contribution in [-0.2, 0) is 16.1 Å². The molecule has 0 bridgehead atoms. The van der Waals surface area contributed by atoms with Crippen molar-refractivity contribution in [3.05, 3.63) is 71.4 Å². The molecule has 0 fully saturated rings. The first-order chi connectivity index (χ1) is 14.5. The maximum atomic E-state index is 11.8. The van der Waals surface area contributed by atoms with E-state index < -0.39 is 18.2 Å². The van der Waals surface area contributed by atoms with E-state index in [1.54, 1.807) is 18.2 Å². The highest BCUT2D eigenvalue weighted by atomic mass is 32.1. The number of nitrogens with two attached hydrogens (primary N) is 2. The molecular weight excluding hydrogens is 402 g/mol. The van der Waals surface area contributed by atoms with Crippen LogP contribution in [-0.4, -0.2) is 28.8 Å². The predicted molar refractivity (Wildman–Crippen MR) is 118 cm³/mol. The van der Waals surface area contributed by atoms with E-state index in [0.717, 1.165) is 16.3 Å². The van der Waals surface area contributed by atoms with Gasteiger partial charge in [0.2, 0.25) is 0 Å². The number of benzene rings is 2. The molecule has 1 heterocycles. The van der Waals surface area contributed by atoms with Crippen LogP contribution in [0.15, 0.2) is 54.6 Å². The molecule has 3 aromatic rings. The van der Waals surface area contributed by atoms with Gasteiger partial charge in [-0.1, -0.05) is 30.3 Å². The van der Waals surface area contributed by atoms with E-state index in [9.17, 15) is 9.59 Å². The van der Waals surface area contributed by atoms with Gasteiger partial charge in [-0.25, -0.2) is 0 Å². The van der Waals surface area contributed by atoms with Gasteiger partial charge in [-0.05, 0) is 48.3 Å². The Morgan fingerprint density at radius 2 is 2.00 bits per heavy atom. The highest BCUT2D eigenvalue weighted by molar-refractivity contribution is 7.10. The first-order valence-electron chi connectivity index (χ1n) is 9.23. The van der Waals surface area contributed by atoms with Crippen LogP contribution < -0.4 is 22.1 Å². The molecule has 2 aromatic carbocycles. The zero-order valence-corrected chi connectivity index (χ0v) is 17.2. The summed E-state index contributed by atoms with van der Waals surface area (Å²) in [5.74, 6) is -0.569. The molecule has 8 nitrogen and oxygen atoms in total. The molecule has 0 aliphatic heterocycles. The number of hydrogen-bond donors (Lipinski definition) is 4. The summed E-state index contributed by atoms with van der Waals surface area (Å²) in [6, 6.07) is 15.5. The van der Waals surface area contributed by atoms with E-state index in [1.165, 1.54) is 11.5 Å². The SMILES string of the molecule is Cc1cc(Nc2cc(NC(C=O)C(N)OCc3ccccc3)ccc2C(N)=O)sn1.